The minimum absolute atomic E-state index is 0.120. The quantitative estimate of drug-likeness (QED) is 0.231. The first-order chi connectivity index (χ1) is 11.6. The van der Waals surface area contributed by atoms with Crippen molar-refractivity contribution in [1.29, 1.82) is 0 Å². The molecular weight excluding hydrogens is 348 g/mol. The minimum atomic E-state index is -3.84. The monoisotopic (exact) mass is 370 g/mol. The zero-order valence-electron chi connectivity index (χ0n) is 14.2. The van der Waals surface area contributed by atoms with Crippen molar-refractivity contribution in [3.63, 3.8) is 0 Å². The SMILES string of the molecule is CCCCCCS(=O)(=O)c1cc(C)c(C(=O)N=C(N)N)cc1[N+](=O)[O-]. The topological polar surface area (TPSA) is 159 Å². The summed E-state index contributed by atoms with van der Waals surface area (Å²) in [5, 5.41) is 11.3. The fourth-order valence-corrected chi connectivity index (χ4v) is 3.91. The third-order valence-electron chi connectivity index (χ3n) is 3.57. The zero-order valence-corrected chi connectivity index (χ0v) is 15.0. The van der Waals surface area contributed by atoms with Crippen LogP contribution in [0, 0.1) is 17.0 Å². The number of aliphatic imine (C=N–C) groups is 1. The van der Waals surface area contributed by atoms with E-state index in [1.165, 1.54) is 6.92 Å². The minimum Gasteiger partial charge on any atom is -0.370 e. The van der Waals surface area contributed by atoms with Gasteiger partial charge in [-0.3, -0.25) is 14.9 Å². The molecule has 1 amide bonds. The Morgan fingerprint density at radius 2 is 1.88 bits per heavy atom. The molecule has 25 heavy (non-hydrogen) atoms. The van der Waals surface area contributed by atoms with Crippen molar-refractivity contribution in [2.24, 2.45) is 16.5 Å². The average Bonchev–Trinajstić information content (AvgIpc) is 2.50. The third kappa shape index (κ3) is 5.52. The van der Waals surface area contributed by atoms with E-state index in [0.29, 0.717) is 6.42 Å². The van der Waals surface area contributed by atoms with E-state index in [0.717, 1.165) is 31.4 Å². The predicted octanol–water partition coefficient (Wildman–Crippen LogP) is 1.67. The number of benzene rings is 1. The summed E-state index contributed by atoms with van der Waals surface area (Å²) in [6.07, 6.45) is 2.98. The number of guanidine groups is 1. The Hall–Kier alpha value is -2.49. The van der Waals surface area contributed by atoms with Crippen LogP contribution in [0.25, 0.3) is 0 Å². The highest BCUT2D eigenvalue weighted by molar-refractivity contribution is 7.91. The Bertz CT molecular complexity index is 798. The number of nitrogens with two attached hydrogens (primary N) is 2. The number of unbranched alkanes of at least 4 members (excludes halogenated alkanes) is 3. The molecule has 0 aliphatic rings. The lowest BCUT2D eigenvalue weighted by atomic mass is 10.1. The van der Waals surface area contributed by atoms with Crippen LogP contribution >= 0.6 is 0 Å². The average molecular weight is 370 g/mol. The second-order valence-corrected chi connectivity index (χ2v) is 7.69. The van der Waals surface area contributed by atoms with Crippen LogP contribution in [0.1, 0.15) is 48.5 Å². The van der Waals surface area contributed by atoms with Crippen LogP contribution in [0.3, 0.4) is 0 Å². The summed E-state index contributed by atoms with van der Waals surface area (Å²) < 4.78 is 24.9. The number of nitrogens with zero attached hydrogens (tertiary/aromatic N) is 2. The van der Waals surface area contributed by atoms with Crippen molar-refractivity contribution in [2.45, 2.75) is 44.4 Å². The highest BCUT2D eigenvalue weighted by atomic mass is 32.2. The third-order valence-corrected chi connectivity index (χ3v) is 5.39. The van der Waals surface area contributed by atoms with Crippen LogP contribution in [0.15, 0.2) is 22.0 Å². The van der Waals surface area contributed by atoms with Crippen molar-refractivity contribution in [3.05, 3.63) is 33.4 Å². The second kappa shape index (κ2) is 8.56. The molecule has 1 aromatic carbocycles. The molecule has 0 saturated carbocycles. The molecular formula is C15H22N4O5S. The molecule has 4 N–H and O–H groups in total. The summed E-state index contributed by atoms with van der Waals surface area (Å²) >= 11 is 0. The van der Waals surface area contributed by atoms with Gasteiger partial charge in [0.05, 0.1) is 16.2 Å². The summed E-state index contributed by atoms with van der Waals surface area (Å²) in [5.74, 6) is -1.54. The van der Waals surface area contributed by atoms with Gasteiger partial charge in [-0.15, -0.1) is 0 Å². The maximum Gasteiger partial charge on any atom is 0.288 e. The van der Waals surface area contributed by atoms with Crippen LogP contribution in [0.5, 0.6) is 0 Å². The standard InChI is InChI=1S/C15H22N4O5S/c1-3-4-5-6-7-25(23,24)13-8-10(2)11(9-12(13)19(21)22)14(20)18-15(16)17/h8-9H,3-7H2,1-2H3,(H4,16,17,18,20). The fraction of sp³-hybridized carbons (Fsp3) is 0.467. The van der Waals surface area contributed by atoms with Gasteiger partial charge in [0.15, 0.2) is 15.8 Å². The number of carbonyl (C=O) groups excluding carboxylic acids is 1. The number of hydrogen-bond donors (Lipinski definition) is 2. The van der Waals surface area contributed by atoms with Gasteiger partial charge in [0.25, 0.3) is 11.6 Å². The van der Waals surface area contributed by atoms with Gasteiger partial charge in [0, 0.05) is 6.07 Å². The molecule has 0 saturated heterocycles. The van der Waals surface area contributed by atoms with Gasteiger partial charge < -0.3 is 11.5 Å². The van der Waals surface area contributed by atoms with Gasteiger partial charge in [0.1, 0.15) is 4.90 Å². The van der Waals surface area contributed by atoms with Crippen molar-refractivity contribution in [2.75, 3.05) is 5.75 Å². The van der Waals surface area contributed by atoms with E-state index in [1.807, 2.05) is 6.92 Å². The molecule has 0 fully saturated rings. The number of aryl methyl sites for hydroxylation is 1. The second-order valence-electron chi connectivity index (χ2n) is 5.61. The first kappa shape index (κ1) is 20.6. The molecule has 0 aliphatic heterocycles. The Morgan fingerprint density at radius 3 is 2.40 bits per heavy atom. The van der Waals surface area contributed by atoms with Crippen LogP contribution in [-0.4, -0.2) is 31.0 Å². The van der Waals surface area contributed by atoms with E-state index in [9.17, 15) is 23.3 Å². The van der Waals surface area contributed by atoms with Gasteiger partial charge >= 0.3 is 0 Å². The molecule has 1 aromatic rings. The van der Waals surface area contributed by atoms with Crippen molar-refractivity contribution >= 4 is 27.4 Å². The summed E-state index contributed by atoms with van der Waals surface area (Å²) in [6.45, 7) is 3.46. The fourth-order valence-electron chi connectivity index (χ4n) is 2.30. The lowest BCUT2D eigenvalue weighted by molar-refractivity contribution is -0.387. The molecule has 0 spiro atoms. The number of amides is 1. The molecule has 0 radical (unpaired) electrons. The van der Waals surface area contributed by atoms with Crippen molar-refractivity contribution in [1.82, 2.24) is 0 Å². The number of nitro groups is 1. The maximum absolute atomic E-state index is 12.5. The van der Waals surface area contributed by atoms with Gasteiger partial charge in [-0.05, 0) is 25.0 Å². The summed E-state index contributed by atoms with van der Waals surface area (Å²) in [7, 11) is -3.84. The van der Waals surface area contributed by atoms with Crippen LogP contribution < -0.4 is 11.5 Å². The Kier molecular flexibility index (Phi) is 7.04. The first-order valence-electron chi connectivity index (χ1n) is 7.76. The molecule has 0 heterocycles. The molecule has 0 unspecified atom stereocenters. The van der Waals surface area contributed by atoms with Gasteiger partial charge in [0.2, 0.25) is 0 Å². The highest BCUT2D eigenvalue weighted by Gasteiger charge is 2.28. The zero-order chi connectivity index (χ0) is 19.2. The summed E-state index contributed by atoms with van der Waals surface area (Å²) in [6, 6.07) is 2.03. The summed E-state index contributed by atoms with van der Waals surface area (Å²) in [4.78, 5) is 25.3. The van der Waals surface area contributed by atoms with Gasteiger partial charge in [-0.25, -0.2) is 8.42 Å². The van der Waals surface area contributed by atoms with E-state index in [4.69, 9.17) is 11.5 Å². The van der Waals surface area contributed by atoms with Crippen LogP contribution in [-0.2, 0) is 9.84 Å². The lowest BCUT2D eigenvalue weighted by Gasteiger charge is -2.09. The lowest BCUT2D eigenvalue weighted by Crippen LogP contribution is -2.24. The van der Waals surface area contributed by atoms with Crippen molar-refractivity contribution in [3.8, 4) is 0 Å². The van der Waals surface area contributed by atoms with E-state index >= 15 is 0 Å². The number of carbonyl (C=O) groups is 1. The molecule has 0 bridgehead atoms. The molecule has 0 atom stereocenters. The molecule has 10 heteroatoms. The Labute approximate surface area is 146 Å². The molecule has 1 rings (SSSR count). The van der Waals surface area contributed by atoms with Crippen LogP contribution in [0.2, 0.25) is 0 Å². The van der Waals surface area contributed by atoms with E-state index in [1.54, 1.807) is 0 Å². The number of rotatable bonds is 8. The first-order valence-corrected chi connectivity index (χ1v) is 9.41. The van der Waals surface area contributed by atoms with E-state index < -0.39 is 37.2 Å². The largest absolute Gasteiger partial charge is 0.370 e. The molecule has 0 aromatic heterocycles. The van der Waals surface area contributed by atoms with Crippen molar-refractivity contribution < 1.29 is 18.1 Å². The van der Waals surface area contributed by atoms with Crippen LogP contribution in [0.4, 0.5) is 5.69 Å². The predicted molar refractivity (Wildman–Crippen MR) is 94.2 cm³/mol. The van der Waals surface area contributed by atoms with E-state index in [2.05, 4.69) is 4.99 Å². The number of hydrogen-bond acceptors (Lipinski definition) is 5. The Morgan fingerprint density at radius 1 is 1.24 bits per heavy atom. The van der Waals surface area contributed by atoms with Gasteiger partial charge in [-0.2, -0.15) is 4.99 Å². The maximum atomic E-state index is 12.5. The molecule has 0 aliphatic carbocycles. The number of nitro benzene ring substituents is 1. The number of sulfone groups is 1. The normalized spacial score (nSPS) is 11.1. The molecule has 9 nitrogen and oxygen atoms in total. The Balaban J connectivity index is 3.33. The van der Waals surface area contributed by atoms with Gasteiger partial charge in [-0.1, -0.05) is 26.2 Å². The van der Waals surface area contributed by atoms with E-state index in [-0.39, 0.29) is 16.9 Å². The summed E-state index contributed by atoms with van der Waals surface area (Å²) in [5.41, 5.74) is 9.73. The highest BCUT2D eigenvalue weighted by Crippen LogP contribution is 2.29. The smallest absolute Gasteiger partial charge is 0.288 e. The molecule has 138 valence electrons.